The molecule has 0 bridgehead atoms. The highest BCUT2D eigenvalue weighted by Gasteiger charge is 2.27. The molecule has 1 amide bonds. The molecule has 2 aliphatic heterocycles. The van der Waals surface area contributed by atoms with Crippen molar-refractivity contribution in [3.63, 3.8) is 0 Å². The van der Waals surface area contributed by atoms with E-state index in [0.29, 0.717) is 18.7 Å². The zero-order chi connectivity index (χ0) is 23.8. The lowest BCUT2D eigenvalue weighted by atomic mass is 10.0. The summed E-state index contributed by atoms with van der Waals surface area (Å²) in [5.74, 6) is 1.27. The highest BCUT2D eigenvalue weighted by Crippen LogP contribution is 2.34. The number of nitrogens with zero attached hydrogens (tertiary/aromatic N) is 7. The molecule has 0 saturated carbocycles. The maximum absolute atomic E-state index is 11.9. The van der Waals surface area contributed by atoms with E-state index in [9.17, 15) is 10.1 Å². The first-order valence-corrected chi connectivity index (χ1v) is 12.2. The minimum atomic E-state index is 0.129. The van der Waals surface area contributed by atoms with Crippen LogP contribution in [0.1, 0.15) is 23.6 Å². The van der Waals surface area contributed by atoms with Gasteiger partial charge in [-0.05, 0) is 43.7 Å². The second-order valence-electron chi connectivity index (χ2n) is 9.56. The maximum Gasteiger partial charge on any atom is 0.219 e. The molecule has 0 spiro atoms. The third-order valence-electron chi connectivity index (χ3n) is 7.50. The minimum Gasteiger partial charge on any atom is -0.354 e. The Labute approximate surface area is 201 Å². The summed E-state index contributed by atoms with van der Waals surface area (Å²) in [4.78, 5) is 26.0. The van der Waals surface area contributed by atoms with E-state index in [0.717, 1.165) is 80.3 Å². The number of amides is 1. The van der Waals surface area contributed by atoms with E-state index in [1.54, 1.807) is 6.92 Å². The average Bonchev–Trinajstić information content (AvgIpc) is 3.22. The SMILES string of the molecule is CC(=O)N1CCN(c2c(CCN3CCN(C)CC3)c(C)c(C#N)c3nc4ccccc4n23)CC1. The lowest BCUT2D eigenvalue weighted by Gasteiger charge is -2.38. The smallest absolute Gasteiger partial charge is 0.219 e. The number of imidazole rings is 1. The monoisotopic (exact) mass is 459 g/mol. The maximum atomic E-state index is 11.9. The first kappa shape index (κ1) is 22.6. The Balaban J connectivity index is 1.62. The number of anilines is 1. The number of piperazine rings is 2. The molecule has 0 radical (unpaired) electrons. The molecule has 178 valence electrons. The van der Waals surface area contributed by atoms with Crippen molar-refractivity contribution in [2.24, 2.45) is 0 Å². The molecule has 2 aromatic heterocycles. The topological polar surface area (TPSA) is 71.1 Å². The van der Waals surface area contributed by atoms with Crippen molar-refractivity contribution in [1.29, 1.82) is 5.26 Å². The number of aromatic nitrogens is 2. The van der Waals surface area contributed by atoms with Crippen LogP contribution in [0.15, 0.2) is 24.3 Å². The fraction of sp³-hybridized carbons (Fsp3) is 0.500. The lowest BCUT2D eigenvalue weighted by Crippen LogP contribution is -2.49. The van der Waals surface area contributed by atoms with Crippen molar-refractivity contribution in [2.75, 3.05) is 70.9 Å². The third-order valence-corrected chi connectivity index (χ3v) is 7.50. The number of rotatable bonds is 4. The standard InChI is InChI=1S/C26H33N7O/c1-19-21(8-9-30-12-10-29(3)11-13-30)26(32-16-14-31(15-17-32)20(2)34)33-24-7-5-4-6-23(24)28-25(33)22(19)18-27/h4-7H,8-17H2,1-3H3. The average molecular weight is 460 g/mol. The van der Waals surface area contributed by atoms with Crippen LogP contribution in [0.2, 0.25) is 0 Å². The summed E-state index contributed by atoms with van der Waals surface area (Å²) in [5.41, 5.74) is 5.58. The number of para-hydroxylation sites is 2. The summed E-state index contributed by atoms with van der Waals surface area (Å²) in [6, 6.07) is 10.6. The first-order valence-electron chi connectivity index (χ1n) is 12.2. The molecule has 0 aliphatic carbocycles. The summed E-state index contributed by atoms with van der Waals surface area (Å²) in [5, 5.41) is 10.1. The number of fused-ring (bicyclic) bond motifs is 3. The predicted octanol–water partition coefficient (Wildman–Crippen LogP) is 2.13. The van der Waals surface area contributed by atoms with Crippen LogP contribution in [0.4, 0.5) is 5.82 Å². The van der Waals surface area contributed by atoms with Gasteiger partial charge in [0, 0.05) is 65.8 Å². The lowest BCUT2D eigenvalue weighted by molar-refractivity contribution is -0.129. The molecule has 5 rings (SSSR count). The molecule has 1 aromatic carbocycles. The normalized spacial score (nSPS) is 18.1. The second kappa shape index (κ2) is 9.24. The largest absolute Gasteiger partial charge is 0.354 e. The zero-order valence-electron chi connectivity index (χ0n) is 20.4. The third kappa shape index (κ3) is 3.99. The molecule has 4 heterocycles. The Kier molecular flexibility index (Phi) is 6.15. The molecule has 2 aliphatic rings. The number of hydrogen-bond donors (Lipinski definition) is 0. The van der Waals surface area contributed by atoms with Crippen LogP contribution in [0.25, 0.3) is 16.7 Å². The van der Waals surface area contributed by atoms with Crippen molar-refractivity contribution in [1.82, 2.24) is 24.1 Å². The Hall–Kier alpha value is -3.15. The van der Waals surface area contributed by atoms with Gasteiger partial charge in [-0.2, -0.15) is 5.26 Å². The molecule has 8 heteroatoms. The molecule has 2 fully saturated rings. The first-order chi connectivity index (χ1) is 16.5. The van der Waals surface area contributed by atoms with Crippen molar-refractivity contribution < 1.29 is 4.79 Å². The van der Waals surface area contributed by atoms with Gasteiger partial charge in [-0.3, -0.25) is 9.20 Å². The molecular weight excluding hydrogens is 426 g/mol. The van der Waals surface area contributed by atoms with Gasteiger partial charge in [-0.1, -0.05) is 12.1 Å². The Morgan fingerprint density at radius 2 is 1.76 bits per heavy atom. The Bertz CT molecular complexity index is 1260. The summed E-state index contributed by atoms with van der Waals surface area (Å²) in [6.45, 7) is 12.0. The van der Waals surface area contributed by atoms with Crippen LogP contribution in [0, 0.1) is 18.3 Å². The van der Waals surface area contributed by atoms with Crippen LogP contribution in [0.5, 0.6) is 0 Å². The van der Waals surface area contributed by atoms with Crippen molar-refractivity contribution in [2.45, 2.75) is 20.3 Å². The Morgan fingerprint density at radius 3 is 2.44 bits per heavy atom. The van der Waals surface area contributed by atoms with E-state index in [-0.39, 0.29) is 5.91 Å². The fourth-order valence-corrected chi connectivity index (χ4v) is 5.37. The Morgan fingerprint density at radius 1 is 1.06 bits per heavy atom. The molecule has 3 aromatic rings. The van der Waals surface area contributed by atoms with Gasteiger partial charge in [0.1, 0.15) is 11.9 Å². The van der Waals surface area contributed by atoms with Gasteiger partial charge in [0.25, 0.3) is 0 Å². The molecule has 34 heavy (non-hydrogen) atoms. The molecule has 2 saturated heterocycles. The van der Waals surface area contributed by atoms with Crippen molar-refractivity contribution >= 4 is 28.4 Å². The van der Waals surface area contributed by atoms with Crippen LogP contribution in [-0.4, -0.2) is 95.9 Å². The van der Waals surface area contributed by atoms with Gasteiger partial charge >= 0.3 is 0 Å². The predicted molar refractivity (Wildman–Crippen MR) is 134 cm³/mol. The molecule has 0 unspecified atom stereocenters. The number of carbonyl (C=O) groups is 1. The summed E-state index contributed by atoms with van der Waals surface area (Å²) in [7, 11) is 2.18. The van der Waals surface area contributed by atoms with E-state index < -0.39 is 0 Å². The number of likely N-dealkylation sites (N-methyl/N-ethyl adjacent to an activating group) is 1. The number of hydrogen-bond acceptors (Lipinski definition) is 6. The molecular formula is C26H33N7O. The van der Waals surface area contributed by atoms with Gasteiger partial charge in [0.2, 0.25) is 5.91 Å². The van der Waals surface area contributed by atoms with Gasteiger partial charge in [0.05, 0.1) is 16.6 Å². The quantitative estimate of drug-likeness (QED) is 0.595. The molecule has 0 atom stereocenters. The van der Waals surface area contributed by atoms with E-state index in [4.69, 9.17) is 4.98 Å². The number of nitriles is 1. The van der Waals surface area contributed by atoms with E-state index in [2.05, 4.69) is 45.2 Å². The highest BCUT2D eigenvalue weighted by atomic mass is 16.2. The number of carbonyl (C=O) groups excluding carboxylic acids is 1. The van der Waals surface area contributed by atoms with Gasteiger partial charge in [0.15, 0.2) is 5.65 Å². The highest BCUT2D eigenvalue weighted by molar-refractivity contribution is 5.86. The zero-order valence-corrected chi connectivity index (χ0v) is 20.4. The van der Waals surface area contributed by atoms with E-state index in [1.165, 1.54) is 5.56 Å². The van der Waals surface area contributed by atoms with Crippen molar-refractivity contribution in [3.8, 4) is 6.07 Å². The summed E-state index contributed by atoms with van der Waals surface area (Å²) >= 11 is 0. The van der Waals surface area contributed by atoms with Crippen LogP contribution < -0.4 is 4.90 Å². The molecule has 0 N–H and O–H groups in total. The number of benzene rings is 1. The summed E-state index contributed by atoms with van der Waals surface area (Å²) in [6.07, 6.45) is 0.884. The summed E-state index contributed by atoms with van der Waals surface area (Å²) < 4.78 is 2.20. The van der Waals surface area contributed by atoms with E-state index in [1.807, 2.05) is 23.1 Å². The fourth-order valence-electron chi connectivity index (χ4n) is 5.37. The van der Waals surface area contributed by atoms with E-state index >= 15 is 0 Å². The van der Waals surface area contributed by atoms with Gasteiger partial charge in [-0.15, -0.1) is 0 Å². The van der Waals surface area contributed by atoms with Crippen molar-refractivity contribution in [3.05, 3.63) is 41.0 Å². The van der Waals surface area contributed by atoms with Crippen LogP contribution in [-0.2, 0) is 11.2 Å². The minimum absolute atomic E-state index is 0.129. The van der Waals surface area contributed by atoms with Crippen LogP contribution >= 0.6 is 0 Å². The second-order valence-corrected chi connectivity index (χ2v) is 9.56. The number of pyridine rings is 1. The van der Waals surface area contributed by atoms with Gasteiger partial charge < -0.3 is 19.6 Å². The van der Waals surface area contributed by atoms with Gasteiger partial charge in [-0.25, -0.2) is 4.98 Å². The van der Waals surface area contributed by atoms with Crippen LogP contribution in [0.3, 0.4) is 0 Å². The molecule has 8 nitrogen and oxygen atoms in total.